The molecule has 0 unspecified atom stereocenters. The highest BCUT2D eigenvalue weighted by molar-refractivity contribution is 6.37. The van der Waals surface area contributed by atoms with Crippen molar-refractivity contribution in [1.82, 2.24) is 9.88 Å². The monoisotopic (exact) mass is 551 g/mol. The molecule has 0 atom stereocenters. The number of benzene rings is 1. The number of hydrogen-bond acceptors (Lipinski definition) is 6. The van der Waals surface area contributed by atoms with Gasteiger partial charge in [0.05, 0.1) is 23.4 Å². The summed E-state index contributed by atoms with van der Waals surface area (Å²) >= 11 is 12.9. The number of halogens is 2. The van der Waals surface area contributed by atoms with Gasteiger partial charge in [-0.15, -0.1) is 0 Å². The average Bonchev–Trinajstić information content (AvgIpc) is 2.80. The molecule has 1 fully saturated rings. The van der Waals surface area contributed by atoms with Gasteiger partial charge in [-0.05, 0) is 63.6 Å². The van der Waals surface area contributed by atoms with E-state index in [0.29, 0.717) is 36.8 Å². The predicted molar refractivity (Wildman–Crippen MR) is 145 cm³/mol. The SMILES string of the molecule is COc1ncc(Oc2c(Cl)cc(NC(=O)CC3CCN(C(=O)OC(C)(C)C)CC3)cc2Cl)cc1C(C)C. The molecule has 0 aliphatic carbocycles. The zero-order chi connectivity index (χ0) is 27.3. The molecular formula is C27H35Cl2N3O5. The number of ether oxygens (including phenoxy) is 3. The van der Waals surface area contributed by atoms with E-state index in [4.69, 9.17) is 37.4 Å². The van der Waals surface area contributed by atoms with Crippen molar-refractivity contribution in [2.75, 3.05) is 25.5 Å². The van der Waals surface area contributed by atoms with Crippen LogP contribution in [-0.2, 0) is 9.53 Å². The minimum absolute atomic E-state index is 0.141. The lowest BCUT2D eigenvalue weighted by atomic mass is 9.93. The van der Waals surface area contributed by atoms with E-state index in [1.165, 1.54) is 0 Å². The van der Waals surface area contributed by atoms with Crippen LogP contribution in [-0.4, -0.2) is 47.7 Å². The van der Waals surface area contributed by atoms with E-state index >= 15 is 0 Å². The van der Waals surface area contributed by atoms with Crippen LogP contribution >= 0.6 is 23.2 Å². The Balaban J connectivity index is 1.58. The fourth-order valence-electron chi connectivity index (χ4n) is 4.06. The maximum absolute atomic E-state index is 12.7. The summed E-state index contributed by atoms with van der Waals surface area (Å²) in [6.45, 7) is 10.7. The van der Waals surface area contributed by atoms with E-state index in [2.05, 4.69) is 10.3 Å². The maximum atomic E-state index is 12.7. The number of amides is 2. The first kappa shape index (κ1) is 28.9. The van der Waals surface area contributed by atoms with Crippen molar-refractivity contribution in [3.05, 3.63) is 40.0 Å². The number of carbonyl (C=O) groups excluding carboxylic acids is 2. The molecule has 1 aliphatic rings. The van der Waals surface area contributed by atoms with Crippen LogP contribution in [0, 0.1) is 5.92 Å². The second-order valence-corrected chi connectivity index (χ2v) is 11.3. The van der Waals surface area contributed by atoms with Crippen molar-refractivity contribution in [1.29, 1.82) is 0 Å². The molecule has 1 N–H and O–H groups in total. The molecule has 10 heteroatoms. The van der Waals surface area contributed by atoms with Gasteiger partial charge in [-0.1, -0.05) is 37.0 Å². The van der Waals surface area contributed by atoms with Crippen molar-refractivity contribution in [2.45, 2.75) is 65.4 Å². The number of nitrogens with zero attached hydrogens (tertiary/aromatic N) is 2. The smallest absolute Gasteiger partial charge is 0.410 e. The first-order valence-corrected chi connectivity index (χ1v) is 13.1. The van der Waals surface area contributed by atoms with Gasteiger partial charge in [-0.2, -0.15) is 0 Å². The third kappa shape index (κ3) is 8.14. The Kier molecular flexibility index (Phi) is 9.53. The third-order valence-electron chi connectivity index (χ3n) is 5.91. The topological polar surface area (TPSA) is 90.0 Å². The van der Waals surface area contributed by atoms with Gasteiger partial charge in [0.25, 0.3) is 0 Å². The number of likely N-dealkylation sites (tertiary alicyclic amines) is 1. The molecule has 1 aromatic carbocycles. The van der Waals surface area contributed by atoms with Crippen LogP contribution in [0.3, 0.4) is 0 Å². The molecule has 202 valence electrons. The van der Waals surface area contributed by atoms with Crippen LogP contribution in [0.1, 0.15) is 65.4 Å². The summed E-state index contributed by atoms with van der Waals surface area (Å²) in [7, 11) is 1.57. The maximum Gasteiger partial charge on any atom is 0.410 e. The van der Waals surface area contributed by atoms with E-state index in [1.807, 2.05) is 40.7 Å². The highest BCUT2D eigenvalue weighted by Crippen LogP contribution is 2.40. The zero-order valence-corrected chi connectivity index (χ0v) is 23.7. The molecule has 2 amide bonds. The molecule has 0 spiro atoms. The Labute approximate surface area is 228 Å². The normalized spacial score (nSPS) is 14.5. The molecule has 0 saturated carbocycles. The molecular weight excluding hydrogens is 517 g/mol. The quantitative estimate of drug-likeness (QED) is 0.388. The van der Waals surface area contributed by atoms with E-state index in [-0.39, 0.29) is 39.6 Å². The summed E-state index contributed by atoms with van der Waals surface area (Å²) in [4.78, 5) is 30.9. The van der Waals surface area contributed by atoms with Gasteiger partial charge in [0.15, 0.2) is 5.75 Å². The van der Waals surface area contributed by atoms with Crippen LogP contribution in [0.15, 0.2) is 24.4 Å². The Hall–Kier alpha value is -2.71. The van der Waals surface area contributed by atoms with E-state index in [9.17, 15) is 9.59 Å². The van der Waals surface area contributed by atoms with Crippen LogP contribution in [0.4, 0.5) is 10.5 Å². The molecule has 1 aliphatic heterocycles. The number of rotatable bonds is 7. The molecule has 2 heterocycles. The minimum atomic E-state index is -0.528. The molecule has 8 nitrogen and oxygen atoms in total. The van der Waals surface area contributed by atoms with Gasteiger partial charge in [0, 0.05) is 30.8 Å². The summed E-state index contributed by atoms with van der Waals surface area (Å²) < 4.78 is 16.7. The third-order valence-corrected chi connectivity index (χ3v) is 6.47. The number of aromatic nitrogens is 1. The Bertz CT molecular complexity index is 1100. The highest BCUT2D eigenvalue weighted by Gasteiger charge is 2.28. The summed E-state index contributed by atoms with van der Waals surface area (Å²) in [6.07, 6.45) is 3.03. The van der Waals surface area contributed by atoms with Gasteiger partial charge in [-0.25, -0.2) is 9.78 Å². The molecule has 1 aromatic heterocycles. The lowest BCUT2D eigenvalue weighted by Gasteiger charge is -2.33. The average molecular weight is 552 g/mol. The Morgan fingerprint density at radius 3 is 2.30 bits per heavy atom. The minimum Gasteiger partial charge on any atom is -0.481 e. The number of pyridine rings is 1. The lowest BCUT2D eigenvalue weighted by Crippen LogP contribution is -2.42. The summed E-state index contributed by atoms with van der Waals surface area (Å²) in [5, 5.41) is 3.39. The number of hydrogen-bond donors (Lipinski definition) is 1. The van der Waals surface area contributed by atoms with Gasteiger partial charge >= 0.3 is 6.09 Å². The molecule has 0 bridgehead atoms. The lowest BCUT2D eigenvalue weighted by molar-refractivity contribution is -0.117. The molecule has 2 aromatic rings. The largest absolute Gasteiger partial charge is 0.481 e. The molecule has 1 saturated heterocycles. The summed E-state index contributed by atoms with van der Waals surface area (Å²) in [5.74, 6) is 1.50. The molecule has 3 rings (SSSR count). The van der Waals surface area contributed by atoms with Gasteiger partial charge < -0.3 is 24.4 Å². The summed E-state index contributed by atoms with van der Waals surface area (Å²) in [5.41, 5.74) is 0.849. The van der Waals surface area contributed by atoms with Crippen molar-refractivity contribution in [3.63, 3.8) is 0 Å². The van der Waals surface area contributed by atoms with E-state index < -0.39 is 5.60 Å². The summed E-state index contributed by atoms with van der Waals surface area (Å²) in [6, 6.07) is 5.05. The van der Waals surface area contributed by atoms with Gasteiger partial charge in [0.1, 0.15) is 11.4 Å². The van der Waals surface area contributed by atoms with Crippen molar-refractivity contribution >= 4 is 40.9 Å². The number of piperidine rings is 1. The molecule has 37 heavy (non-hydrogen) atoms. The second-order valence-electron chi connectivity index (χ2n) is 10.5. The van der Waals surface area contributed by atoms with Crippen LogP contribution in [0.5, 0.6) is 17.4 Å². The number of anilines is 1. The van der Waals surface area contributed by atoms with Gasteiger partial charge in [0.2, 0.25) is 11.8 Å². The van der Waals surface area contributed by atoms with Crippen molar-refractivity contribution in [3.8, 4) is 17.4 Å². The van der Waals surface area contributed by atoms with E-state index in [0.717, 1.165) is 18.4 Å². The second kappa shape index (κ2) is 12.2. The number of methoxy groups -OCH3 is 1. The van der Waals surface area contributed by atoms with Crippen molar-refractivity contribution < 1.29 is 23.8 Å². The van der Waals surface area contributed by atoms with Crippen molar-refractivity contribution in [2.24, 2.45) is 5.92 Å². The Morgan fingerprint density at radius 1 is 1.14 bits per heavy atom. The Morgan fingerprint density at radius 2 is 1.76 bits per heavy atom. The first-order valence-electron chi connectivity index (χ1n) is 12.3. The highest BCUT2D eigenvalue weighted by atomic mass is 35.5. The molecule has 0 radical (unpaired) electrons. The zero-order valence-electron chi connectivity index (χ0n) is 22.2. The fourth-order valence-corrected chi connectivity index (χ4v) is 4.62. The number of nitrogens with one attached hydrogen (secondary N) is 1. The van der Waals surface area contributed by atoms with Crippen LogP contribution < -0.4 is 14.8 Å². The first-order chi connectivity index (χ1) is 17.4. The predicted octanol–water partition coefficient (Wildman–Crippen LogP) is 7.29. The fraction of sp³-hybridized carbons (Fsp3) is 0.519. The standard InChI is InChI=1S/C27H35Cl2N3O5/c1-16(2)20-14-19(15-30-25(20)35-6)36-24-21(28)12-18(13-22(24)29)31-23(33)11-17-7-9-32(10-8-17)26(34)37-27(3,4)5/h12-17H,7-11H2,1-6H3,(H,31,33). The van der Waals surface area contributed by atoms with Crippen LogP contribution in [0.25, 0.3) is 0 Å². The van der Waals surface area contributed by atoms with Gasteiger partial charge in [-0.3, -0.25) is 4.79 Å². The number of carbonyl (C=O) groups is 2. The van der Waals surface area contributed by atoms with E-state index in [1.54, 1.807) is 30.3 Å². The van der Waals surface area contributed by atoms with Crippen LogP contribution in [0.2, 0.25) is 10.0 Å².